The first-order valence-corrected chi connectivity index (χ1v) is 5.48. The molecule has 16 heavy (non-hydrogen) atoms. The second kappa shape index (κ2) is 4.49. The molecule has 0 atom stereocenters. The number of rotatable bonds is 4. The largest absolute Gasteiger partial charge is 0.354 e. The lowest BCUT2D eigenvalue weighted by Crippen LogP contribution is -2.05. The van der Waals surface area contributed by atoms with Gasteiger partial charge in [-0.05, 0) is 24.4 Å². The molecule has 1 N–H and O–H groups in total. The van der Waals surface area contributed by atoms with Crippen molar-refractivity contribution in [1.29, 1.82) is 0 Å². The van der Waals surface area contributed by atoms with E-state index in [0.29, 0.717) is 11.3 Å². The molecule has 2 aromatic heterocycles. The van der Waals surface area contributed by atoms with Crippen molar-refractivity contribution in [3.63, 3.8) is 0 Å². The summed E-state index contributed by atoms with van der Waals surface area (Å²) in [7, 11) is 2.02. The van der Waals surface area contributed by atoms with Crippen molar-refractivity contribution in [2.24, 2.45) is 7.05 Å². The fourth-order valence-electron chi connectivity index (χ4n) is 1.64. The van der Waals surface area contributed by atoms with Crippen LogP contribution in [-0.4, -0.2) is 19.3 Å². The molecular weight excluding hydrogens is 220 g/mol. The Morgan fingerprint density at radius 3 is 3.06 bits per heavy atom. The van der Waals surface area contributed by atoms with Gasteiger partial charge in [-0.25, -0.2) is 0 Å². The highest BCUT2D eigenvalue weighted by Crippen LogP contribution is 2.08. The van der Waals surface area contributed by atoms with Crippen molar-refractivity contribution in [1.82, 2.24) is 19.3 Å². The number of aromatic amines is 1. The summed E-state index contributed by atoms with van der Waals surface area (Å²) in [6.45, 7) is 4.41. The van der Waals surface area contributed by atoms with Crippen LogP contribution in [0.15, 0.2) is 31.0 Å². The summed E-state index contributed by atoms with van der Waals surface area (Å²) in [5.41, 5.74) is 1.21. The zero-order chi connectivity index (χ0) is 11.5. The zero-order valence-electron chi connectivity index (χ0n) is 9.18. The minimum Gasteiger partial charge on any atom is -0.354 e. The lowest BCUT2D eigenvalue weighted by Gasteiger charge is -2.04. The Hall–Kier alpha value is -1.62. The van der Waals surface area contributed by atoms with Crippen molar-refractivity contribution in [2.45, 2.75) is 13.0 Å². The van der Waals surface area contributed by atoms with Gasteiger partial charge in [-0.1, -0.05) is 6.08 Å². The molecule has 84 valence electrons. The molecule has 0 saturated heterocycles. The Balaban J connectivity index is 2.31. The van der Waals surface area contributed by atoms with E-state index < -0.39 is 0 Å². The lowest BCUT2D eigenvalue weighted by atomic mass is 10.3. The van der Waals surface area contributed by atoms with Crippen LogP contribution < -0.4 is 0 Å². The number of aromatic nitrogens is 4. The average Bonchev–Trinajstić information content (AvgIpc) is 2.80. The van der Waals surface area contributed by atoms with E-state index in [0.717, 1.165) is 12.2 Å². The van der Waals surface area contributed by atoms with Crippen molar-refractivity contribution < 1.29 is 0 Å². The van der Waals surface area contributed by atoms with Gasteiger partial charge >= 0.3 is 0 Å². The lowest BCUT2D eigenvalue weighted by molar-refractivity contribution is 0.728. The van der Waals surface area contributed by atoms with E-state index in [2.05, 4.69) is 27.4 Å². The standard InChI is InChI=1S/C11H14N4S/c1-3-6-15-10(12-13-11(15)16)8-9-5-4-7-14(9)2/h3-5,7H,1,6,8H2,2H3,(H,13,16). The Kier molecular flexibility index (Phi) is 3.05. The van der Waals surface area contributed by atoms with Crippen LogP contribution in [0.1, 0.15) is 11.5 Å². The van der Waals surface area contributed by atoms with Gasteiger partial charge in [-0.2, -0.15) is 5.10 Å². The molecule has 0 radical (unpaired) electrons. The first-order valence-electron chi connectivity index (χ1n) is 5.07. The van der Waals surface area contributed by atoms with Crippen LogP contribution in [0.3, 0.4) is 0 Å². The number of hydrogen-bond donors (Lipinski definition) is 1. The predicted octanol–water partition coefficient (Wildman–Crippen LogP) is 2.06. The van der Waals surface area contributed by atoms with Gasteiger partial charge in [-0.15, -0.1) is 6.58 Å². The molecule has 0 saturated carbocycles. The maximum Gasteiger partial charge on any atom is 0.195 e. The molecule has 0 aliphatic carbocycles. The van der Waals surface area contributed by atoms with E-state index in [-0.39, 0.29) is 0 Å². The van der Waals surface area contributed by atoms with Gasteiger partial charge < -0.3 is 4.57 Å². The van der Waals surface area contributed by atoms with Gasteiger partial charge in [0.15, 0.2) is 4.77 Å². The van der Waals surface area contributed by atoms with Gasteiger partial charge in [0.05, 0.1) is 0 Å². The van der Waals surface area contributed by atoms with Crippen LogP contribution in [0, 0.1) is 4.77 Å². The third kappa shape index (κ3) is 1.99. The molecule has 4 nitrogen and oxygen atoms in total. The van der Waals surface area contributed by atoms with Gasteiger partial charge in [0.25, 0.3) is 0 Å². The third-order valence-corrected chi connectivity index (χ3v) is 2.85. The van der Waals surface area contributed by atoms with E-state index >= 15 is 0 Å². The molecule has 2 rings (SSSR count). The number of H-pyrrole nitrogens is 1. The van der Waals surface area contributed by atoms with Crippen LogP contribution >= 0.6 is 12.2 Å². The Labute approximate surface area is 99.2 Å². The van der Waals surface area contributed by atoms with Gasteiger partial charge in [0.2, 0.25) is 0 Å². The summed E-state index contributed by atoms with van der Waals surface area (Å²) in [6.07, 6.45) is 4.61. The second-order valence-corrected chi connectivity index (χ2v) is 4.02. The molecule has 0 aromatic carbocycles. The minimum atomic E-state index is 0.643. The van der Waals surface area contributed by atoms with Crippen LogP contribution in [-0.2, 0) is 20.0 Å². The molecule has 0 bridgehead atoms. The molecular formula is C11H14N4S. The monoisotopic (exact) mass is 234 g/mol. The Bertz CT molecular complexity index is 546. The van der Waals surface area contributed by atoms with Crippen LogP contribution in [0.25, 0.3) is 0 Å². The van der Waals surface area contributed by atoms with Crippen LogP contribution in [0.5, 0.6) is 0 Å². The molecule has 0 fully saturated rings. The molecule has 0 aliphatic rings. The third-order valence-electron chi connectivity index (χ3n) is 2.54. The fraction of sp³-hybridized carbons (Fsp3) is 0.273. The average molecular weight is 234 g/mol. The molecule has 0 aliphatic heterocycles. The Morgan fingerprint density at radius 2 is 2.44 bits per heavy atom. The number of nitrogens with one attached hydrogen (secondary N) is 1. The zero-order valence-corrected chi connectivity index (χ0v) is 10.00. The predicted molar refractivity (Wildman–Crippen MR) is 65.8 cm³/mol. The van der Waals surface area contributed by atoms with E-state index in [1.165, 1.54) is 5.69 Å². The summed E-state index contributed by atoms with van der Waals surface area (Å²) < 4.78 is 4.68. The topological polar surface area (TPSA) is 38.5 Å². The number of nitrogens with zero attached hydrogens (tertiary/aromatic N) is 3. The van der Waals surface area contributed by atoms with E-state index in [4.69, 9.17) is 12.2 Å². The maximum absolute atomic E-state index is 5.16. The van der Waals surface area contributed by atoms with E-state index in [1.807, 2.05) is 30.0 Å². The quantitative estimate of drug-likeness (QED) is 0.649. The van der Waals surface area contributed by atoms with E-state index in [9.17, 15) is 0 Å². The molecule has 0 amide bonds. The molecule has 2 heterocycles. The normalized spacial score (nSPS) is 10.6. The summed E-state index contributed by atoms with van der Waals surface area (Å²) in [5, 5.41) is 7.05. The highest BCUT2D eigenvalue weighted by Gasteiger charge is 2.07. The number of aryl methyl sites for hydroxylation is 1. The van der Waals surface area contributed by atoms with Gasteiger partial charge in [0, 0.05) is 31.9 Å². The van der Waals surface area contributed by atoms with Crippen molar-refractivity contribution in [3.8, 4) is 0 Å². The summed E-state index contributed by atoms with van der Waals surface area (Å²) in [6, 6.07) is 4.10. The molecule has 0 unspecified atom stereocenters. The summed E-state index contributed by atoms with van der Waals surface area (Å²) in [4.78, 5) is 0. The highest BCUT2D eigenvalue weighted by molar-refractivity contribution is 7.71. The molecule has 5 heteroatoms. The molecule has 0 spiro atoms. The van der Waals surface area contributed by atoms with Crippen LogP contribution in [0.4, 0.5) is 0 Å². The molecule has 2 aromatic rings. The number of allylic oxidation sites excluding steroid dienone is 1. The second-order valence-electron chi connectivity index (χ2n) is 3.63. The number of hydrogen-bond acceptors (Lipinski definition) is 2. The maximum atomic E-state index is 5.16. The SMILES string of the molecule is C=CCn1c(Cc2cccn2C)n[nH]c1=S. The summed E-state index contributed by atoms with van der Waals surface area (Å²) in [5.74, 6) is 0.937. The van der Waals surface area contributed by atoms with Gasteiger partial charge in [0.1, 0.15) is 5.82 Å². The first kappa shape index (κ1) is 10.9. The highest BCUT2D eigenvalue weighted by atomic mass is 32.1. The van der Waals surface area contributed by atoms with Gasteiger partial charge in [-0.3, -0.25) is 9.67 Å². The van der Waals surface area contributed by atoms with E-state index in [1.54, 1.807) is 0 Å². The van der Waals surface area contributed by atoms with Crippen molar-refractivity contribution >= 4 is 12.2 Å². The minimum absolute atomic E-state index is 0.643. The Morgan fingerprint density at radius 1 is 1.62 bits per heavy atom. The smallest absolute Gasteiger partial charge is 0.195 e. The van der Waals surface area contributed by atoms with Crippen LogP contribution in [0.2, 0.25) is 0 Å². The fourth-order valence-corrected chi connectivity index (χ4v) is 1.87. The first-order chi connectivity index (χ1) is 7.72. The van der Waals surface area contributed by atoms with Crippen molar-refractivity contribution in [3.05, 3.63) is 47.3 Å². The summed E-state index contributed by atoms with van der Waals surface area (Å²) >= 11 is 5.16. The van der Waals surface area contributed by atoms with Crippen molar-refractivity contribution in [2.75, 3.05) is 0 Å².